The number of carbonyl (C=O) groups is 1. The lowest BCUT2D eigenvalue weighted by Crippen LogP contribution is -2.08. The topological polar surface area (TPSA) is 67.5 Å². The number of fused-ring (bicyclic) bond motifs is 5. The molecule has 7 rings (SSSR count). The third kappa shape index (κ3) is 3.66. The van der Waals surface area contributed by atoms with E-state index in [-0.39, 0.29) is 28.1 Å². The maximum atomic E-state index is 13.9. The zero-order valence-electron chi connectivity index (χ0n) is 20.4. The number of phenolic OH excluding ortho intramolecular Hbond substituents is 1. The zero-order valence-corrected chi connectivity index (χ0v) is 22.0. The summed E-state index contributed by atoms with van der Waals surface area (Å²) < 4.78 is 7.32. The number of rotatable bonds is 3. The second-order valence-electron chi connectivity index (χ2n) is 9.49. The fourth-order valence-electron chi connectivity index (χ4n) is 5.29. The first-order valence-electron chi connectivity index (χ1n) is 12.4. The summed E-state index contributed by atoms with van der Waals surface area (Å²) in [5.41, 5.74) is 2.52. The fourth-order valence-corrected chi connectivity index (χ4v) is 5.79. The average Bonchev–Trinajstić information content (AvgIpc) is 2.97. The number of ketones is 1. The molecule has 5 heteroatoms. The highest BCUT2D eigenvalue weighted by Crippen LogP contribution is 2.38. The molecule has 0 saturated heterocycles. The molecule has 0 atom stereocenters. The van der Waals surface area contributed by atoms with Gasteiger partial charge in [-0.25, -0.2) is 0 Å². The standard InChI is InChI=1S/C34H19BrO4/c35-29-12-6-5-11-24(29)27-17-21(30(36)25-15-13-19-7-1-3-9-22(19)31(25)37)18-28-32(38)26-16-14-20-8-2-4-10-23(20)33(26)39-34(27)28/h1-18,37H. The summed E-state index contributed by atoms with van der Waals surface area (Å²) in [4.78, 5) is 27.8. The maximum absolute atomic E-state index is 13.9. The number of hydrogen-bond acceptors (Lipinski definition) is 4. The predicted molar refractivity (Wildman–Crippen MR) is 160 cm³/mol. The van der Waals surface area contributed by atoms with Crippen molar-refractivity contribution in [3.63, 3.8) is 0 Å². The van der Waals surface area contributed by atoms with Crippen molar-refractivity contribution >= 4 is 65.2 Å². The van der Waals surface area contributed by atoms with Crippen LogP contribution in [0.25, 0.3) is 54.6 Å². The highest BCUT2D eigenvalue weighted by molar-refractivity contribution is 9.10. The maximum Gasteiger partial charge on any atom is 0.200 e. The summed E-state index contributed by atoms with van der Waals surface area (Å²) in [6, 6.07) is 33.1. The SMILES string of the molecule is O=C(c1cc(-c2ccccc2Br)c2oc3c(ccc4ccccc43)c(=O)c2c1)c1ccc2ccccc2c1O. The molecule has 6 aromatic carbocycles. The Labute approximate surface area is 230 Å². The van der Waals surface area contributed by atoms with Gasteiger partial charge in [0, 0.05) is 26.4 Å². The minimum Gasteiger partial charge on any atom is -0.507 e. The van der Waals surface area contributed by atoms with E-state index in [2.05, 4.69) is 15.9 Å². The predicted octanol–water partition coefficient (Wildman–Crippen LogP) is 8.62. The van der Waals surface area contributed by atoms with E-state index < -0.39 is 0 Å². The second-order valence-corrected chi connectivity index (χ2v) is 10.3. The van der Waals surface area contributed by atoms with Crippen molar-refractivity contribution in [1.82, 2.24) is 0 Å². The summed E-state index contributed by atoms with van der Waals surface area (Å²) in [7, 11) is 0. The summed E-state index contributed by atoms with van der Waals surface area (Å²) in [5.74, 6) is -0.468. The van der Waals surface area contributed by atoms with Crippen LogP contribution in [0.2, 0.25) is 0 Å². The monoisotopic (exact) mass is 570 g/mol. The number of hydrogen-bond donors (Lipinski definition) is 1. The summed E-state index contributed by atoms with van der Waals surface area (Å²) in [6.45, 7) is 0. The summed E-state index contributed by atoms with van der Waals surface area (Å²) in [6.07, 6.45) is 0. The molecule has 1 aromatic heterocycles. The van der Waals surface area contributed by atoms with Crippen LogP contribution in [0.1, 0.15) is 15.9 Å². The molecule has 7 aromatic rings. The van der Waals surface area contributed by atoms with E-state index in [9.17, 15) is 14.7 Å². The van der Waals surface area contributed by atoms with E-state index >= 15 is 0 Å². The second kappa shape index (κ2) is 8.93. The third-order valence-corrected chi connectivity index (χ3v) is 7.92. The van der Waals surface area contributed by atoms with Gasteiger partial charge >= 0.3 is 0 Å². The number of aromatic hydroxyl groups is 1. The summed E-state index contributed by atoms with van der Waals surface area (Å²) >= 11 is 3.63. The van der Waals surface area contributed by atoms with Gasteiger partial charge in [0.1, 0.15) is 16.9 Å². The Bertz CT molecular complexity index is 2190. The van der Waals surface area contributed by atoms with Crippen LogP contribution in [0.4, 0.5) is 0 Å². The quantitative estimate of drug-likeness (QED) is 0.131. The molecule has 4 nitrogen and oxygen atoms in total. The Hall–Kier alpha value is -4.74. The molecule has 0 amide bonds. The van der Waals surface area contributed by atoms with Gasteiger partial charge in [-0.1, -0.05) is 94.8 Å². The zero-order chi connectivity index (χ0) is 26.7. The largest absolute Gasteiger partial charge is 0.507 e. The van der Waals surface area contributed by atoms with Gasteiger partial charge in [0.15, 0.2) is 5.78 Å². The lowest BCUT2D eigenvalue weighted by Gasteiger charge is -2.13. The van der Waals surface area contributed by atoms with Crippen molar-refractivity contribution < 1.29 is 14.3 Å². The van der Waals surface area contributed by atoms with Crippen LogP contribution in [0.5, 0.6) is 5.75 Å². The molecule has 39 heavy (non-hydrogen) atoms. The Morgan fingerprint density at radius 3 is 2.10 bits per heavy atom. The lowest BCUT2D eigenvalue weighted by atomic mass is 9.93. The molecule has 0 spiro atoms. The molecular formula is C34H19BrO4. The first-order chi connectivity index (χ1) is 19.0. The average molecular weight is 571 g/mol. The van der Waals surface area contributed by atoms with Crippen molar-refractivity contribution in [1.29, 1.82) is 0 Å². The van der Waals surface area contributed by atoms with Gasteiger partial charge in [0.25, 0.3) is 0 Å². The van der Waals surface area contributed by atoms with Crippen molar-refractivity contribution in [2.45, 2.75) is 0 Å². The highest BCUT2D eigenvalue weighted by Gasteiger charge is 2.22. The highest BCUT2D eigenvalue weighted by atomic mass is 79.9. The first-order valence-corrected chi connectivity index (χ1v) is 13.2. The van der Waals surface area contributed by atoms with E-state index in [0.717, 1.165) is 26.2 Å². The van der Waals surface area contributed by atoms with E-state index in [1.54, 1.807) is 30.3 Å². The molecule has 186 valence electrons. The Morgan fingerprint density at radius 2 is 1.31 bits per heavy atom. The molecule has 0 bridgehead atoms. The number of benzene rings is 6. The van der Waals surface area contributed by atoms with Crippen LogP contribution < -0.4 is 5.43 Å². The van der Waals surface area contributed by atoms with Gasteiger partial charge < -0.3 is 9.52 Å². The van der Waals surface area contributed by atoms with Gasteiger partial charge in [0.05, 0.1) is 16.3 Å². The van der Waals surface area contributed by atoms with Crippen molar-refractivity contribution in [3.05, 3.63) is 135 Å². The van der Waals surface area contributed by atoms with Gasteiger partial charge in [-0.15, -0.1) is 0 Å². The summed E-state index contributed by atoms with van der Waals surface area (Å²) in [5, 5.41) is 15.0. The van der Waals surface area contributed by atoms with Gasteiger partial charge in [-0.2, -0.15) is 0 Å². The Kier molecular flexibility index (Phi) is 5.35. The van der Waals surface area contributed by atoms with E-state index in [4.69, 9.17) is 4.42 Å². The first kappa shape index (κ1) is 23.4. The third-order valence-electron chi connectivity index (χ3n) is 7.23. The smallest absolute Gasteiger partial charge is 0.200 e. The minimum absolute atomic E-state index is 0.0855. The molecule has 1 N–H and O–H groups in total. The van der Waals surface area contributed by atoms with Crippen molar-refractivity contribution in [3.8, 4) is 16.9 Å². The fraction of sp³-hybridized carbons (Fsp3) is 0. The molecule has 0 fully saturated rings. The molecule has 0 radical (unpaired) electrons. The van der Waals surface area contributed by atoms with Gasteiger partial charge in [0.2, 0.25) is 5.43 Å². The molecule has 0 aliphatic carbocycles. The number of carbonyl (C=O) groups excluding carboxylic acids is 1. The Morgan fingerprint density at radius 1 is 0.641 bits per heavy atom. The normalized spacial score (nSPS) is 11.5. The molecular weight excluding hydrogens is 552 g/mol. The Balaban J connectivity index is 1.56. The van der Waals surface area contributed by atoms with E-state index in [0.29, 0.717) is 32.9 Å². The van der Waals surface area contributed by atoms with Crippen molar-refractivity contribution in [2.24, 2.45) is 0 Å². The molecule has 1 heterocycles. The molecule has 0 saturated carbocycles. The van der Waals surface area contributed by atoms with E-state index in [1.165, 1.54) is 0 Å². The lowest BCUT2D eigenvalue weighted by molar-refractivity contribution is 0.103. The van der Waals surface area contributed by atoms with Crippen molar-refractivity contribution in [2.75, 3.05) is 0 Å². The van der Waals surface area contributed by atoms with Gasteiger partial charge in [-0.05, 0) is 46.7 Å². The molecule has 0 aliphatic rings. The van der Waals surface area contributed by atoms with Crippen LogP contribution in [-0.2, 0) is 0 Å². The van der Waals surface area contributed by atoms with Crippen LogP contribution in [-0.4, -0.2) is 10.9 Å². The molecule has 0 aliphatic heterocycles. The molecule has 0 unspecified atom stereocenters. The van der Waals surface area contributed by atoms with E-state index in [1.807, 2.05) is 78.9 Å². The van der Waals surface area contributed by atoms with Gasteiger partial charge in [-0.3, -0.25) is 9.59 Å². The van der Waals surface area contributed by atoms with Crippen LogP contribution in [0.3, 0.4) is 0 Å². The minimum atomic E-state index is -0.383. The number of phenols is 1. The number of halogens is 1. The van der Waals surface area contributed by atoms with Crippen LogP contribution in [0.15, 0.2) is 123 Å². The van der Waals surface area contributed by atoms with Crippen LogP contribution >= 0.6 is 15.9 Å². The van der Waals surface area contributed by atoms with Crippen LogP contribution in [0, 0.1) is 0 Å².